The number of rotatable bonds is 4. The van der Waals surface area contributed by atoms with Crippen molar-refractivity contribution in [1.82, 2.24) is 10.3 Å². The standard InChI is InChI=1S/C14H22N2O/c1-14(2)7-6-12(8-14)15-9-11-4-5-13(17-3)16-10-11/h4-5,10,12,15H,6-9H2,1-3H3. The normalized spacial score (nSPS) is 22.6. The first kappa shape index (κ1) is 12.4. The SMILES string of the molecule is COc1ccc(CNC2CCC(C)(C)C2)cn1. The summed E-state index contributed by atoms with van der Waals surface area (Å²) in [7, 11) is 1.64. The van der Waals surface area contributed by atoms with Crippen LogP contribution >= 0.6 is 0 Å². The van der Waals surface area contributed by atoms with Crippen molar-refractivity contribution in [3.63, 3.8) is 0 Å². The molecule has 0 bridgehead atoms. The van der Waals surface area contributed by atoms with Gasteiger partial charge in [-0.05, 0) is 30.2 Å². The molecule has 2 rings (SSSR count). The van der Waals surface area contributed by atoms with Gasteiger partial charge in [-0.1, -0.05) is 19.9 Å². The molecule has 0 aliphatic heterocycles. The van der Waals surface area contributed by atoms with Crippen molar-refractivity contribution in [3.8, 4) is 5.88 Å². The van der Waals surface area contributed by atoms with E-state index in [4.69, 9.17) is 4.74 Å². The molecule has 3 nitrogen and oxygen atoms in total. The molecule has 3 heteroatoms. The van der Waals surface area contributed by atoms with Crippen LogP contribution in [-0.4, -0.2) is 18.1 Å². The van der Waals surface area contributed by atoms with Gasteiger partial charge in [0.15, 0.2) is 0 Å². The summed E-state index contributed by atoms with van der Waals surface area (Å²) in [5, 5.41) is 3.61. The zero-order valence-corrected chi connectivity index (χ0v) is 11.0. The fourth-order valence-electron chi connectivity index (χ4n) is 2.51. The summed E-state index contributed by atoms with van der Waals surface area (Å²) in [6.07, 6.45) is 5.77. The predicted molar refractivity (Wildman–Crippen MR) is 69.0 cm³/mol. The Morgan fingerprint density at radius 2 is 2.29 bits per heavy atom. The van der Waals surface area contributed by atoms with Gasteiger partial charge in [-0.15, -0.1) is 0 Å². The number of ether oxygens (including phenoxy) is 1. The smallest absolute Gasteiger partial charge is 0.212 e. The Balaban J connectivity index is 1.82. The van der Waals surface area contributed by atoms with E-state index in [1.165, 1.54) is 24.8 Å². The second-order valence-electron chi connectivity index (χ2n) is 5.69. The van der Waals surface area contributed by atoms with E-state index in [-0.39, 0.29) is 0 Å². The highest BCUT2D eigenvalue weighted by Crippen LogP contribution is 2.36. The van der Waals surface area contributed by atoms with Crippen molar-refractivity contribution >= 4 is 0 Å². The average molecular weight is 234 g/mol. The van der Waals surface area contributed by atoms with E-state index >= 15 is 0 Å². The van der Waals surface area contributed by atoms with Crippen LogP contribution in [0.3, 0.4) is 0 Å². The number of hydrogen-bond acceptors (Lipinski definition) is 3. The van der Waals surface area contributed by atoms with Crippen molar-refractivity contribution in [3.05, 3.63) is 23.9 Å². The Morgan fingerprint density at radius 3 is 2.82 bits per heavy atom. The maximum atomic E-state index is 5.04. The first-order valence-electron chi connectivity index (χ1n) is 6.31. The summed E-state index contributed by atoms with van der Waals surface area (Å²) in [4.78, 5) is 4.21. The van der Waals surface area contributed by atoms with Crippen LogP contribution in [0.25, 0.3) is 0 Å². The maximum absolute atomic E-state index is 5.04. The van der Waals surface area contributed by atoms with Gasteiger partial charge < -0.3 is 10.1 Å². The lowest BCUT2D eigenvalue weighted by Gasteiger charge is -2.17. The molecule has 1 aliphatic carbocycles. The van der Waals surface area contributed by atoms with Gasteiger partial charge in [0.1, 0.15) is 0 Å². The van der Waals surface area contributed by atoms with Crippen LogP contribution in [0.2, 0.25) is 0 Å². The molecule has 0 saturated heterocycles. The van der Waals surface area contributed by atoms with Crippen LogP contribution in [0.1, 0.15) is 38.7 Å². The minimum atomic E-state index is 0.510. The molecule has 1 unspecified atom stereocenters. The van der Waals surface area contributed by atoms with Gasteiger partial charge in [-0.2, -0.15) is 0 Å². The van der Waals surface area contributed by atoms with Crippen molar-refractivity contribution < 1.29 is 4.74 Å². The van der Waals surface area contributed by atoms with Gasteiger partial charge in [-0.3, -0.25) is 0 Å². The van der Waals surface area contributed by atoms with E-state index in [2.05, 4.69) is 30.2 Å². The summed E-state index contributed by atoms with van der Waals surface area (Å²) < 4.78 is 5.04. The molecule has 0 spiro atoms. The molecule has 1 heterocycles. The molecule has 1 fully saturated rings. The lowest BCUT2D eigenvalue weighted by Crippen LogP contribution is -2.26. The first-order chi connectivity index (χ1) is 8.09. The topological polar surface area (TPSA) is 34.1 Å². The lowest BCUT2D eigenvalue weighted by molar-refractivity contribution is 0.364. The van der Waals surface area contributed by atoms with Crippen molar-refractivity contribution in [2.45, 2.75) is 45.7 Å². The molecule has 1 N–H and O–H groups in total. The van der Waals surface area contributed by atoms with Crippen LogP contribution in [0.4, 0.5) is 0 Å². The third-order valence-electron chi connectivity index (χ3n) is 3.57. The summed E-state index contributed by atoms with van der Waals surface area (Å²) in [5.74, 6) is 0.677. The summed E-state index contributed by atoms with van der Waals surface area (Å²) in [5.41, 5.74) is 1.73. The Labute approximate surface area is 104 Å². The van der Waals surface area contributed by atoms with E-state index in [1.807, 2.05) is 12.3 Å². The molecule has 0 aromatic carbocycles. The Kier molecular flexibility index (Phi) is 3.67. The lowest BCUT2D eigenvalue weighted by atomic mass is 9.92. The molecule has 1 aromatic rings. The van der Waals surface area contributed by atoms with Gasteiger partial charge in [0, 0.05) is 24.8 Å². The Morgan fingerprint density at radius 1 is 1.47 bits per heavy atom. The minimum Gasteiger partial charge on any atom is -0.481 e. The van der Waals surface area contributed by atoms with Crippen molar-refractivity contribution in [1.29, 1.82) is 0 Å². The molecule has 0 radical (unpaired) electrons. The summed E-state index contributed by atoms with van der Waals surface area (Å²) in [6, 6.07) is 4.64. The predicted octanol–water partition coefficient (Wildman–Crippen LogP) is 2.76. The highest BCUT2D eigenvalue weighted by molar-refractivity contribution is 5.17. The zero-order valence-electron chi connectivity index (χ0n) is 11.0. The highest BCUT2D eigenvalue weighted by atomic mass is 16.5. The number of nitrogens with zero attached hydrogens (tertiary/aromatic N) is 1. The number of methoxy groups -OCH3 is 1. The van der Waals surface area contributed by atoms with Gasteiger partial charge in [0.05, 0.1) is 7.11 Å². The first-order valence-corrected chi connectivity index (χ1v) is 6.31. The van der Waals surface area contributed by atoms with Gasteiger partial charge in [-0.25, -0.2) is 4.98 Å². The summed E-state index contributed by atoms with van der Waals surface area (Å²) >= 11 is 0. The van der Waals surface area contributed by atoms with Crippen molar-refractivity contribution in [2.75, 3.05) is 7.11 Å². The molecule has 1 aromatic heterocycles. The Bertz CT molecular complexity index is 359. The quantitative estimate of drug-likeness (QED) is 0.870. The van der Waals surface area contributed by atoms with Gasteiger partial charge in [0.2, 0.25) is 5.88 Å². The number of hydrogen-bond donors (Lipinski definition) is 1. The van der Waals surface area contributed by atoms with Crippen molar-refractivity contribution in [2.24, 2.45) is 5.41 Å². The minimum absolute atomic E-state index is 0.510. The second kappa shape index (κ2) is 5.05. The van der Waals surface area contributed by atoms with E-state index in [0.717, 1.165) is 6.54 Å². The zero-order chi connectivity index (χ0) is 12.3. The molecule has 94 valence electrons. The fraction of sp³-hybridized carbons (Fsp3) is 0.643. The van der Waals surface area contributed by atoms with Gasteiger partial charge in [0.25, 0.3) is 0 Å². The second-order valence-corrected chi connectivity index (χ2v) is 5.69. The van der Waals surface area contributed by atoms with Crippen LogP contribution in [0.15, 0.2) is 18.3 Å². The van der Waals surface area contributed by atoms with Crippen LogP contribution < -0.4 is 10.1 Å². The van der Waals surface area contributed by atoms with Crippen LogP contribution in [0, 0.1) is 5.41 Å². The Hall–Kier alpha value is -1.09. The maximum Gasteiger partial charge on any atom is 0.212 e. The van der Waals surface area contributed by atoms with E-state index in [9.17, 15) is 0 Å². The third-order valence-corrected chi connectivity index (χ3v) is 3.57. The molecular weight excluding hydrogens is 212 g/mol. The van der Waals surface area contributed by atoms with E-state index in [1.54, 1.807) is 7.11 Å². The van der Waals surface area contributed by atoms with E-state index < -0.39 is 0 Å². The molecular formula is C14H22N2O. The number of aromatic nitrogens is 1. The van der Waals surface area contributed by atoms with Crippen LogP contribution in [0.5, 0.6) is 5.88 Å². The molecule has 1 aliphatic rings. The fourth-order valence-corrected chi connectivity index (χ4v) is 2.51. The number of nitrogens with one attached hydrogen (secondary N) is 1. The summed E-state index contributed by atoms with van der Waals surface area (Å²) in [6.45, 7) is 5.60. The largest absolute Gasteiger partial charge is 0.481 e. The number of pyridine rings is 1. The van der Waals surface area contributed by atoms with Gasteiger partial charge >= 0.3 is 0 Å². The third kappa shape index (κ3) is 3.43. The van der Waals surface area contributed by atoms with Crippen LogP contribution in [-0.2, 0) is 6.54 Å². The average Bonchev–Trinajstić information content (AvgIpc) is 2.67. The monoisotopic (exact) mass is 234 g/mol. The van der Waals surface area contributed by atoms with E-state index in [0.29, 0.717) is 17.3 Å². The molecule has 0 amide bonds. The molecule has 17 heavy (non-hydrogen) atoms. The molecule has 1 atom stereocenters. The molecule has 1 saturated carbocycles. The highest BCUT2D eigenvalue weighted by Gasteiger charge is 2.30.